The Balaban J connectivity index is 2.07. The minimum Gasteiger partial charge on any atom is -0.507 e. The summed E-state index contributed by atoms with van der Waals surface area (Å²) in [6.07, 6.45) is 4.08. The highest BCUT2D eigenvalue weighted by Crippen LogP contribution is 2.39. The van der Waals surface area contributed by atoms with Crippen molar-refractivity contribution in [3.63, 3.8) is 0 Å². The van der Waals surface area contributed by atoms with Crippen molar-refractivity contribution in [2.24, 2.45) is 0 Å². The largest absolute Gasteiger partial charge is 0.507 e. The van der Waals surface area contributed by atoms with E-state index >= 15 is 0 Å². The summed E-state index contributed by atoms with van der Waals surface area (Å²) in [5.41, 5.74) is 1.24. The van der Waals surface area contributed by atoms with Crippen molar-refractivity contribution < 1.29 is 19.4 Å². The van der Waals surface area contributed by atoms with E-state index in [2.05, 4.69) is 4.98 Å². The maximum Gasteiger partial charge on any atom is 0.295 e. The zero-order valence-electron chi connectivity index (χ0n) is 17.5. The lowest BCUT2D eigenvalue weighted by molar-refractivity contribution is -0.140. The number of rotatable bonds is 8. The zero-order chi connectivity index (χ0) is 21.7. The van der Waals surface area contributed by atoms with Gasteiger partial charge in [-0.15, -0.1) is 0 Å². The number of ether oxygens (including phenoxy) is 1. The first-order valence-corrected chi connectivity index (χ1v) is 10.00. The molecule has 1 aliphatic rings. The summed E-state index contributed by atoms with van der Waals surface area (Å²) in [4.78, 5) is 33.3. The molecule has 0 spiro atoms. The van der Waals surface area contributed by atoms with Crippen molar-refractivity contribution in [1.29, 1.82) is 0 Å². The lowest BCUT2D eigenvalue weighted by Crippen LogP contribution is -2.35. The summed E-state index contributed by atoms with van der Waals surface area (Å²) in [6.45, 7) is 3.51. The van der Waals surface area contributed by atoms with Crippen molar-refractivity contribution in [2.75, 3.05) is 33.8 Å². The molecular weight excluding hydrogens is 382 g/mol. The molecule has 158 valence electrons. The highest BCUT2D eigenvalue weighted by Gasteiger charge is 2.45. The van der Waals surface area contributed by atoms with E-state index in [1.54, 1.807) is 48.8 Å². The zero-order valence-corrected chi connectivity index (χ0v) is 17.5. The van der Waals surface area contributed by atoms with Crippen LogP contribution in [0, 0.1) is 0 Å². The second kappa shape index (κ2) is 9.54. The Kier molecular flexibility index (Phi) is 6.84. The molecule has 0 saturated carbocycles. The van der Waals surface area contributed by atoms with E-state index in [9.17, 15) is 14.7 Å². The quantitative estimate of drug-likeness (QED) is 0.410. The van der Waals surface area contributed by atoms with Crippen LogP contribution in [0.2, 0.25) is 0 Å². The summed E-state index contributed by atoms with van der Waals surface area (Å²) < 4.78 is 5.64. The monoisotopic (exact) mass is 409 g/mol. The number of amides is 1. The molecular formula is C23H27N3O4. The third-order valence-corrected chi connectivity index (χ3v) is 4.93. The number of Topliss-reactive ketones (excluding diaryl/α,β-unsaturated/α-hetero) is 1. The van der Waals surface area contributed by atoms with E-state index < -0.39 is 17.7 Å². The van der Waals surface area contributed by atoms with Crippen LogP contribution in [0.5, 0.6) is 5.75 Å². The van der Waals surface area contributed by atoms with Crippen molar-refractivity contribution >= 4 is 17.4 Å². The Bertz CT molecular complexity index is 940. The molecule has 7 nitrogen and oxygen atoms in total. The van der Waals surface area contributed by atoms with E-state index in [-0.39, 0.29) is 11.3 Å². The number of ketones is 1. The number of hydrogen-bond donors (Lipinski definition) is 1. The molecule has 1 N–H and O–H groups in total. The summed E-state index contributed by atoms with van der Waals surface area (Å²) in [7, 11) is 3.81. The number of benzene rings is 1. The standard InChI is InChI=1S/C23H27N3O4/c1-4-14-30-18-7-5-6-17(15-18)21(27)19-20(16-8-10-24-11-9-16)26(13-12-25(2)3)23(29)22(19)28/h5-11,15,20,27H,4,12-14H2,1-3H3/t20-/m1/s1. The van der Waals surface area contributed by atoms with Gasteiger partial charge in [-0.1, -0.05) is 19.1 Å². The Morgan fingerprint density at radius 3 is 2.60 bits per heavy atom. The molecule has 1 fully saturated rings. The lowest BCUT2D eigenvalue weighted by atomic mass is 9.96. The third kappa shape index (κ3) is 4.52. The van der Waals surface area contributed by atoms with Gasteiger partial charge in [0.2, 0.25) is 0 Å². The summed E-state index contributed by atoms with van der Waals surface area (Å²) >= 11 is 0. The molecule has 0 bridgehead atoms. The molecule has 0 aliphatic carbocycles. The molecule has 0 unspecified atom stereocenters. The van der Waals surface area contributed by atoms with Crippen LogP contribution in [0.4, 0.5) is 0 Å². The summed E-state index contributed by atoms with van der Waals surface area (Å²) in [5.74, 6) is -0.904. The maximum atomic E-state index is 12.9. The molecule has 1 amide bonds. The Morgan fingerprint density at radius 2 is 1.93 bits per heavy atom. The molecule has 2 aromatic rings. The predicted molar refractivity (Wildman–Crippen MR) is 114 cm³/mol. The third-order valence-electron chi connectivity index (χ3n) is 4.93. The molecule has 7 heteroatoms. The number of pyridine rings is 1. The SMILES string of the molecule is CCCOc1cccc(C(O)=C2C(=O)C(=O)N(CCN(C)C)[C@@H]2c2ccncc2)c1. The fourth-order valence-electron chi connectivity index (χ4n) is 3.42. The van der Waals surface area contributed by atoms with Gasteiger partial charge in [0.05, 0.1) is 18.2 Å². The number of nitrogens with zero attached hydrogens (tertiary/aromatic N) is 3. The second-order valence-electron chi connectivity index (χ2n) is 7.45. The number of carbonyl (C=O) groups is 2. The summed E-state index contributed by atoms with van der Waals surface area (Å²) in [5, 5.41) is 11.1. The van der Waals surface area contributed by atoms with Gasteiger partial charge in [-0.3, -0.25) is 14.6 Å². The van der Waals surface area contributed by atoms with E-state index in [1.165, 1.54) is 4.90 Å². The van der Waals surface area contributed by atoms with Crippen LogP contribution in [0.3, 0.4) is 0 Å². The molecule has 0 radical (unpaired) electrons. The van der Waals surface area contributed by atoms with Gasteiger partial charge in [-0.2, -0.15) is 0 Å². The van der Waals surface area contributed by atoms with Gasteiger partial charge < -0.3 is 19.6 Å². The van der Waals surface area contributed by atoms with Crippen molar-refractivity contribution in [3.8, 4) is 5.75 Å². The van der Waals surface area contributed by atoms with E-state index in [0.717, 1.165) is 12.0 Å². The van der Waals surface area contributed by atoms with Crippen LogP contribution in [0.1, 0.15) is 30.5 Å². The van der Waals surface area contributed by atoms with Crippen LogP contribution >= 0.6 is 0 Å². The van der Waals surface area contributed by atoms with Crippen molar-refractivity contribution in [1.82, 2.24) is 14.8 Å². The average Bonchev–Trinajstić information content (AvgIpc) is 3.01. The average molecular weight is 409 g/mol. The van der Waals surface area contributed by atoms with Crippen LogP contribution in [-0.4, -0.2) is 65.4 Å². The van der Waals surface area contributed by atoms with Crippen LogP contribution in [0.25, 0.3) is 5.76 Å². The number of aliphatic hydroxyl groups is 1. The van der Waals surface area contributed by atoms with Gasteiger partial charge in [0.1, 0.15) is 11.5 Å². The molecule has 1 aromatic carbocycles. The number of aliphatic hydroxyl groups excluding tert-OH is 1. The minimum atomic E-state index is -0.687. The molecule has 3 rings (SSSR count). The summed E-state index contributed by atoms with van der Waals surface area (Å²) in [6, 6.07) is 9.77. The predicted octanol–water partition coefficient (Wildman–Crippen LogP) is 2.85. The number of aromatic nitrogens is 1. The molecule has 1 atom stereocenters. The van der Waals surface area contributed by atoms with Crippen LogP contribution in [0.15, 0.2) is 54.4 Å². The van der Waals surface area contributed by atoms with E-state index in [1.807, 2.05) is 25.9 Å². The maximum absolute atomic E-state index is 12.9. The van der Waals surface area contributed by atoms with Gasteiger partial charge in [-0.05, 0) is 50.3 Å². The number of likely N-dealkylation sites (N-methyl/N-ethyl adjacent to an activating group) is 1. The van der Waals surface area contributed by atoms with Crippen LogP contribution < -0.4 is 4.74 Å². The molecule has 1 saturated heterocycles. The minimum absolute atomic E-state index is 0.0811. The topological polar surface area (TPSA) is 83.0 Å². The van der Waals surface area contributed by atoms with Crippen molar-refractivity contribution in [2.45, 2.75) is 19.4 Å². The Hall–Kier alpha value is -3.19. The normalized spacial score (nSPS) is 18.3. The smallest absolute Gasteiger partial charge is 0.295 e. The highest BCUT2D eigenvalue weighted by molar-refractivity contribution is 6.46. The first kappa shape index (κ1) is 21.5. The molecule has 2 heterocycles. The van der Waals surface area contributed by atoms with E-state index in [0.29, 0.717) is 31.0 Å². The first-order valence-electron chi connectivity index (χ1n) is 10.00. The van der Waals surface area contributed by atoms with Gasteiger partial charge in [0.25, 0.3) is 11.7 Å². The number of likely N-dealkylation sites (tertiary alicyclic amines) is 1. The van der Waals surface area contributed by atoms with E-state index in [4.69, 9.17) is 4.74 Å². The van der Waals surface area contributed by atoms with Gasteiger partial charge in [-0.25, -0.2) is 0 Å². The lowest BCUT2D eigenvalue weighted by Gasteiger charge is -2.26. The van der Waals surface area contributed by atoms with Crippen molar-refractivity contribution in [3.05, 3.63) is 65.5 Å². The second-order valence-corrected chi connectivity index (χ2v) is 7.45. The first-order chi connectivity index (χ1) is 14.4. The Labute approximate surface area is 176 Å². The fraction of sp³-hybridized carbons (Fsp3) is 0.348. The van der Waals surface area contributed by atoms with Gasteiger partial charge in [0, 0.05) is 31.0 Å². The number of carbonyl (C=O) groups excluding carboxylic acids is 2. The molecule has 1 aliphatic heterocycles. The Morgan fingerprint density at radius 1 is 1.20 bits per heavy atom. The fourth-order valence-corrected chi connectivity index (χ4v) is 3.42. The molecule has 1 aromatic heterocycles. The number of hydrogen-bond acceptors (Lipinski definition) is 6. The molecule has 30 heavy (non-hydrogen) atoms. The van der Waals surface area contributed by atoms with Gasteiger partial charge in [0.15, 0.2) is 0 Å². The van der Waals surface area contributed by atoms with Crippen LogP contribution in [-0.2, 0) is 9.59 Å². The van der Waals surface area contributed by atoms with Gasteiger partial charge >= 0.3 is 0 Å². The highest BCUT2D eigenvalue weighted by atomic mass is 16.5.